The highest BCUT2D eigenvalue weighted by Gasteiger charge is 2.30. The molecule has 0 bridgehead atoms. The number of aliphatic hydroxyl groups excluding tert-OH is 1. The summed E-state index contributed by atoms with van der Waals surface area (Å²) in [6, 6.07) is 6.82. The lowest BCUT2D eigenvalue weighted by Gasteiger charge is -2.12. The summed E-state index contributed by atoms with van der Waals surface area (Å²) in [6.07, 6.45) is -6.29. The van der Waals surface area contributed by atoms with E-state index in [-0.39, 0.29) is 6.42 Å². The van der Waals surface area contributed by atoms with Gasteiger partial charge in [0, 0.05) is 5.02 Å². The van der Waals surface area contributed by atoms with Gasteiger partial charge in [0.15, 0.2) is 0 Å². The van der Waals surface area contributed by atoms with Crippen molar-refractivity contribution >= 4 is 11.6 Å². The van der Waals surface area contributed by atoms with E-state index in [1.165, 1.54) is 0 Å². The van der Waals surface area contributed by atoms with Crippen molar-refractivity contribution in [3.63, 3.8) is 0 Å². The number of aryl methyl sites for hydroxylation is 1. The molecule has 0 aliphatic carbocycles. The van der Waals surface area contributed by atoms with E-state index in [2.05, 4.69) is 0 Å². The van der Waals surface area contributed by atoms with Crippen LogP contribution in [0.15, 0.2) is 24.3 Å². The molecule has 5 heteroatoms. The van der Waals surface area contributed by atoms with Crippen molar-refractivity contribution in [1.29, 1.82) is 0 Å². The number of rotatable bonds is 4. The van der Waals surface area contributed by atoms with Gasteiger partial charge in [-0.05, 0) is 30.5 Å². The van der Waals surface area contributed by atoms with E-state index in [1.54, 1.807) is 24.3 Å². The molecule has 0 saturated heterocycles. The van der Waals surface area contributed by atoms with Gasteiger partial charge in [0.25, 0.3) is 0 Å². The summed E-state index contributed by atoms with van der Waals surface area (Å²) in [6.45, 7) is 0. The molecule has 1 rings (SSSR count). The number of benzene rings is 1. The minimum absolute atomic E-state index is 0.0984. The van der Waals surface area contributed by atoms with Gasteiger partial charge >= 0.3 is 6.18 Å². The Morgan fingerprint density at radius 3 is 2.25 bits per heavy atom. The Hall–Kier alpha value is -0.740. The maximum Gasteiger partial charge on any atom is 0.391 e. The highest BCUT2D eigenvalue weighted by molar-refractivity contribution is 6.30. The number of halogens is 4. The minimum Gasteiger partial charge on any atom is -0.393 e. The van der Waals surface area contributed by atoms with Gasteiger partial charge in [-0.3, -0.25) is 0 Å². The van der Waals surface area contributed by atoms with Crippen LogP contribution in [0.25, 0.3) is 0 Å². The molecule has 0 heterocycles. The number of hydrogen-bond donors (Lipinski definition) is 1. The quantitative estimate of drug-likeness (QED) is 0.868. The molecular weight excluding hydrogens is 241 g/mol. The summed E-state index contributed by atoms with van der Waals surface area (Å²) in [4.78, 5) is 0. The van der Waals surface area contributed by atoms with E-state index in [4.69, 9.17) is 16.7 Å². The van der Waals surface area contributed by atoms with Gasteiger partial charge in [0.2, 0.25) is 0 Å². The summed E-state index contributed by atoms with van der Waals surface area (Å²) in [5.74, 6) is 0. The molecule has 1 unspecified atom stereocenters. The van der Waals surface area contributed by atoms with Crippen molar-refractivity contribution in [2.45, 2.75) is 31.5 Å². The summed E-state index contributed by atoms with van der Waals surface area (Å²) >= 11 is 5.66. The lowest BCUT2D eigenvalue weighted by atomic mass is 10.1. The highest BCUT2D eigenvalue weighted by Crippen LogP contribution is 2.23. The van der Waals surface area contributed by atoms with Crippen LogP contribution >= 0.6 is 11.6 Å². The first-order valence-electron chi connectivity index (χ1n) is 4.86. The number of hydrogen-bond acceptors (Lipinski definition) is 1. The monoisotopic (exact) mass is 252 g/mol. The molecular formula is C11H12ClF3O. The molecule has 0 fully saturated rings. The summed E-state index contributed by atoms with van der Waals surface area (Å²) in [5, 5.41) is 9.74. The van der Waals surface area contributed by atoms with Crippen LogP contribution in [-0.2, 0) is 6.42 Å². The molecule has 16 heavy (non-hydrogen) atoms. The Bertz CT molecular complexity index is 321. The second-order valence-corrected chi connectivity index (χ2v) is 4.07. The first-order chi connectivity index (χ1) is 7.37. The van der Waals surface area contributed by atoms with Crippen LogP contribution in [0.3, 0.4) is 0 Å². The Kier molecular flexibility index (Phi) is 4.62. The third kappa shape index (κ3) is 5.37. The first kappa shape index (κ1) is 13.3. The van der Waals surface area contributed by atoms with Crippen molar-refractivity contribution < 1.29 is 18.3 Å². The van der Waals surface area contributed by atoms with Crippen LogP contribution in [0.5, 0.6) is 0 Å². The van der Waals surface area contributed by atoms with Gasteiger partial charge in [-0.25, -0.2) is 0 Å². The molecule has 1 aromatic rings. The molecule has 0 aliphatic heterocycles. The molecule has 90 valence electrons. The first-order valence-corrected chi connectivity index (χ1v) is 5.24. The van der Waals surface area contributed by atoms with E-state index in [1.807, 2.05) is 0 Å². The molecule has 1 atom stereocenters. The normalized spacial score (nSPS) is 13.8. The molecule has 0 saturated carbocycles. The van der Waals surface area contributed by atoms with Gasteiger partial charge in [-0.1, -0.05) is 23.7 Å². The van der Waals surface area contributed by atoms with Crippen LogP contribution in [0.4, 0.5) is 13.2 Å². The molecule has 0 aromatic heterocycles. The molecule has 1 aromatic carbocycles. The SMILES string of the molecule is OC(CCc1ccc(Cl)cc1)CC(F)(F)F. The standard InChI is InChI=1S/C11H12ClF3O/c12-9-4-1-8(2-5-9)3-6-10(16)7-11(13,14)15/h1-2,4-5,10,16H,3,6-7H2. The van der Waals surface area contributed by atoms with Crippen molar-refractivity contribution in [3.8, 4) is 0 Å². The fraction of sp³-hybridized carbons (Fsp3) is 0.455. The van der Waals surface area contributed by atoms with Gasteiger partial charge < -0.3 is 5.11 Å². The molecule has 0 aliphatic rings. The molecule has 1 N–H and O–H groups in total. The predicted octanol–water partition coefficient (Wildman–Crippen LogP) is 3.59. The van der Waals surface area contributed by atoms with E-state index in [0.717, 1.165) is 5.56 Å². The van der Waals surface area contributed by atoms with Crippen molar-refractivity contribution in [2.75, 3.05) is 0 Å². The minimum atomic E-state index is -4.31. The topological polar surface area (TPSA) is 20.2 Å². The lowest BCUT2D eigenvalue weighted by Crippen LogP contribution is -2.19. The largest absolute Gasteiger partial charge is 0.393 e. The molecule has 1 nitrogen and oxygen atoms in total. The van der Waals surface area contributed by atoms with E-state index < -0.39 is 18.7 Å². The fourth-order valence-corrected chi connectivity index (χ4v) is 1.48. The van der Waals surface area contributed by atoms with E-state index in [9.17, 15) is 13.2 Å². The highest BCUT2D eigenvalue weighted by atomic mass is 35.5. The predicted molar refractivity (Wildman–Crippen MR) is 56.5 cm³/mol. The molecule has 0 amide bonds. The Morgan fingerprint density at radius 1 is 1.19 bits per heavy atom. The summed E-state index contributed by atoms with van der Waals surface area (Å²) < 4.78 is 35.7. The molecule has 0 radical (unpaired) electrons. The maximum absolute atomic E-state index is 11.9. The Balaban J connectivity index is 2.37. The van der Waals surface area contributed by atoms with Crippen molar-refractivity contribution in [1.82, 2.24) is 0 Å². The second kappa shape index (κ2) is 5.55. The van der Waals surface area contributed by atoms with Crippen LogP contribution < -0.4 is 0 Å². The van der Waals surface area contributed by atoms with E-state index >= 15 is 0 Å². The second-order valence-electron chi connectivity index (χ2n) is 3.64. The van der Waals surface area contributed by atoms with E-state index in [0.29, 0.717) is 11.4 Å². The zero-order valence-electron chi connectivity index (χ0n) is 8.47. The number of alkyl halides is 3. The average molecular weight is 253 g/mol. The third-order valence-electron chi connectivity index (χ3n) is 2.15. The maximum atomic E-state index is 11.9. The Labute approximate surface area is 96.9 Å². The van der Waals surface area contributed by atoms with Crippen LogP contribution in [-0.4, -0.2) is 17.4 Å². The Morgan fingerprint density at radius 2 is 1.75 bits per heavy atom. The van der Waals surface area contributed by atoms with Crippen LogP contribution in [0.2, 0.25) is 5.02 Å². The zero-order chi connectivity index (χ0) is 12.2. The third-order valence-corrected chi connectivity index (χ3v) is 2.40. The fourth-order valence-electron chi connectivity index (χ4n) is 1.35. The smallest absolute Gasteiger partial charge is 0.391 e. The van der Waals surface area contributed by atoms with Crippen molar-refractivity contribution in [2.24, 2.45) is 0 Å². The van der Waals surface area contributed by atoms with Crippen LogP contribution in [0, 0.1) is 0 Å². The zero-order valence-corrected chi connectivity index (χ0v) is 9.22. The van der Waals surface area contributed by atoms with Gasteiger partial charge in [0.1, 0.15) is 0 Å². The lowest BCUT2D eigenvalue weighted by molar-refractivity contribution is -0.153. The number of aliphatic hydroxyl groups is 1. The van der Waals surface area contributed by atoms with Crippen molar-refractivity contribution in [3.05, 3.63) is 34.9 Å². The average Bonchev–Trinajstić information content (AvgIpc) is 2.14. The molecule has 0 spiro atoms. The summed E-state index contributed by atoms with van der Waals surface area (Å²) in [7, 11) is 0. The summed E-state index contributed by atoms with van der Waals surface area (Å²) in [5.41, 5.74) is 0.866. The van der Waals surface area contributed by atoms with Gasteiger partial charge in [-0.15, -0.1) is 0 Å². The van der Waals surface area contributed by atoms with Gasteiger partial charge in [-0.2, -0.15) is 13.2 Å². The van der Waals surface area contributed by atoms with Gasteiger partial charge in [0.05, 0.1) is 12.5 Å². The van der Waals surface area contributed by atoms with Crippen LogP contribution in [0.1, 0.15) is 18.4 Å².